The highest BCUT2D eigenvalue weighted by Gasteiger charge is 2.16. The molecule has 4 nitrogen and oxygen atoms in total. The second-order valence-electron chi connectivity index (χ2n) is 5.36. The van der Waals surface area contributed by atoms with Gasteiger partial charge in [0.2, 0.25) is 0 Å². The summed E-state index contributed by atoms with van der Waals surface area (Å²) < 4.78 is 5.30. The molecule has 1 aliphatic rings. The van der Waals surface area contributed by atoms with Gasteiger partial charge < -0.3 is 15.2 Å². The molecule has 1 heterocycles. The van der Waals surface area contributed by atoms with Crippen molar-refractivity contribution in [2.45, 2.75) is 19.1 Å². The summed E-state index contributed by atoms with van der Waals surface area (Å²) in [5, 5.41) is 14.7. The Hall–Kier alpha value is -0.360. The number of ether oxygens (including phenoxy) is 1. The van der Waals surface area contributed by atoms with E-state index in [1.54, 1.807) is 6.07 Å². The van der Waals surface area contributed by atoms with E-state index in [-0.39, 0.29) is 6.04 Å². The molecule has 118 valence electrons. The minimum Gasteiger partial charge on any atom is -0.390 e. The predicted molar refractivity (Wildman–Crippen MR) is 86.1 cm³/mol. The largest absolute Gasteiger partial charge is 0.390 e. The lowest BCUT2D eigenvalue weighted by Gasteiger charge is -2.29. The van der Waals surface area contributed by atoms with E-state index in [0.29, 0.717) is 23.1 Å². The normalized spacial score (nSPS) is 19.4. The van der Waals surface area contributed by atoms with Crippen LogP contribution in [-0.2, 0) is 4.74 Å². The van der Waals surface area contributed by atoms with E-state index in [9.17, 15) is 5.11 Å². The average molecular weight is 333 g/mol. The number of halogens is 2. The number of morpholine rings is 1. The topological polar surface area (TPSA) is 44.7 Å². The van der Waals surface area contributed by atoms with Gasteiger partial charge in [-0.2, -0.15) is 0 Å². The van der Waals surface area contributed by atoms with Gasteiger partial charge in [0.15, 0.2) is 0 Å². The Morgan fingerprint density at radius 2 is 2.05 bits per heavy atom. The molecule has 0 radical (unpaired) electrons. The Kier molecular flexibility index (Phi) is 6.74. The summed E-state index contributed by atoms with van der Waals surface area (Å²) in [5.74, 6) is 0. The molecule has 1 aromatic carbocycles. The molecule has 0 aliphatic carbocycles. The van der Waals surface area contributed by atoms with Gasteiger partial charge in [-0.25, -0.2) is 0 Å². The predicted octanol–water partition coefficient (Wildman–Crippen LogP) is 2.34. The third-order valence-corrected chi connectivity index (χ3v) is 4.22. The van der Waals surface area contributed by atoms with E-state index in [2.05, 4.69) is 10.2 Å². The Bertz CT molecular complexity index is 453. The third-order valence-electron chi connectivity index (χ3n) is 3.66. The Morgan fingerprint density at radius 3 is 2.71 bits per heavy atom. The maximum absolute atomic E-state index is 10.1. The minimum absolute atomic E-state index is 0.0640. The van der Waals surface area contributed by atoms with Crippen LogP contribution in [0.2, 0.25) is 10.0 Å². The average Bonchev–Trinajstić information content (AvgIpc) is 2.46. The van der Waals surface area contributed by atoms with Crippen LogP contribution in [0.4, 0.5) is 0 Å². The maximum atomic E-state index is 10.1. The van der Waals surface area contributed by atoms with Crippen molar-refractivity contribution in [3.63, 3.8) is 0 Å². The van der Waals surface area contributed by atoms with E-state index in [4.69, 9.17) is 27.9 Å². The van der Waals surface area contributed by atoms with E-state index >= 15 is 0 Å². The fourth-order valence-corrected chi connectivity index (χ4v) is 2.99. The summed E-state index contributed by atoms with van der Waals surface area (Å²) in [5.41, 5.74) is 0.986. The van der Waals surface area contributed by atoms with E-state index in [1.165, 1.54) is 0 Å². The number of hydrogen-bond acceptors (Lipinski definition) is 4. The van der Waals surface area contributed by atoms with Gasteiger partial charge in [0.05, 0.1) is 19.3 Å². The molecule has 0 bridgehead atoms. The first-order valence-electron chi connectivity index (χ1n) is 7.22. The van der Waals surface area contributed by atoms with Gasteiger partial charge in [0.1, 0.15) is 0 Å². The van der Waals surface area contributed by atoms with Crippen molar-refractivity contribution in [2.75, 3.05) is 39.4 Å². The second-order valence-corrected chi connectivity index (χ2v) is 6.21. The van der Waals surface area contributed by atoms with E-state index in [1.807, 2.05) is 19.1 Å². The first-order valence-corrected chi connectivity index (χ1v) is 7.98. The number of benzene rings is 1. The standard InChI is InChI=1S/C15H22Cl2N2O2/c1-11(14-3-2-12(16)8-15(14)17)18-9-13(20)10-19-4-6-21-7-5-19/h2-3,8,11,13,18,20H,4-7,9-10H2,1H3. The van der Waals surface area contributed by atoms with Crippen LogP contribution in [0.1, 0.15) is 18.5 Å². The van der Waals surface area contributed by atoms with E-state index < -0.39 is 6.10 Å². The van der Waals surface area contributed by atoms with Crippen molar-refractivity contribution in [1.29, 1.82) is 0 Å². The highest BCUT2D eigenvalue weighted by Crippen LogP contribution is 2.25. The highest BCUT2D eigenvalue weighted by molar-refractivity contribution is 6.35. The summed E-state index contributed by atoms with van der Waals surface area (Å²) in [7, 11) is 0. The summed E-state index contributed by atoms with van der Waals surface area (Å²) in [6.07, 6.45) is -0.406. The lowest BCUT2D eigenvalue weighted by Crippen LogP contribution is -2.44. The van der Waals surface area contributed by atoms with Crippen LogP contribution in [0.15, 0.2) is 18.2 Å². The molecule has 1 fully saturated rings. The van der Waals surface area contributed by atoms with Crippen molar-refractivity contribution >= 4 is 23.2 Å². The van der Waals surface area contributed by atoms with Crippen LogP contribution in [-0.4, -0.2) is 55.5 Å². The molecule has 2 rings (SSSR count). The van der Waals surface area contributed by atoms with Gasteiger partial charge >= 0.3 is 0 Å². The molecular formula is C15H22Cl2N2O2. The summed E-state index contributed by atoms with van der Waals surface area (Å²) in [6, 6.07) is 5.54. The van der Waals surface area contributed by atoms with Crippen LogP contribution < -0.4 is 5.32 Å². The maximum Gasteiger partial charge on any atom is 0.0791 e. The lowest BCUT2D eigenvalue weighted by atomic mass is 10.1. The van der Waals surface area contributed by atoms with Gasteiger partial charge in [0, 0.05) is 42.3 Å². The van der Waals surface area contributed by atoms with Crippen molar-refractivity contribution in [2.24, 2.45) is 0 Å². The van der Waals surface area contributed by atoms with E-state index in [0.717, 1.165) is 31.9 Å². The lowest BCUT2D eigenvalue weighted by molar-refractivity contribution is 0.0145. The smallest absolute Gasteiger partial charge is 0.0791 e. The minimum atomic E-state index is -0.406. The van der Waals surface area contributed by atoms with Gasteiger partial charge in [0.25, 0.3) is 0 Å². The van der Waals surface area contributed by atoms with Gasteiger partial charge in [-0.1, -0.05) is 29.3 Å². The third kappa shape index (κ3) is 5.40. The summed E-state index contributed by atoms with van der Waals surface area (Å²) in [4.78, 5) is 2.22. The zero-order chi connectivity index (χ0) is 15.2. The van der Waals surface area contributed by atoms with Crippen LogP contribution >= 0.6 is 23.2 Å². The molecular weight excluding hydrogens is 311 g/mol. The van der Waals surface area contributed by atoms with Crippen molar-refractivity contribution in [3.8, 4) is 0 Å². The second kappa shape index (κ2) is 8.32. The monoisotopic (exact) mass is 332 g/mol. The van der Waals surface area contributed by atoms with Gasteiger partial charge in [-0.05, 0) is 24.6 Å². The Morgan fingerprint density at radius 1 is 1.33 bits per heavy atom. The van der Waals surface area contributed by atoms with Crippen molar-refractivity contribution in [1.82, 2.24) is 10.2 Å². The molecule has 1 saturated heterocycles. The molecule has 2 N–H and O–H groups in total. The zero-order valence-corrected chi connectivity index (χ0v) is 13.7. The molecule has 2 unspecified atom stereocenters. The zero-order valence-electron chi connectivity index (χ0n) is 12.2. The van der Waals surface area contributed by atoms with Crippen molar-refractivity contribution in [3.05, 3.63) is 33.8 Å². The molecule has 0 saturated carbocycles. The first kappa shape index (κ1) is 17.0. The van der Waals surface area contributed by atoms with Crippen molar-refractivity contribution < 1.29 is 9.84 Å². The van der Waals surface area contributed by atoms with Crippen LogP contribution in [0, 0.1) is 0 Å². The van der Waals surface area contributed by atoms with Crippen LogP contribution in [0.25, 0.3) is 0 Å². The quantitative estimate of drug-likeness (QED) is 0.839. The molecule has 2 atom stereocenters. The Labute approximate surface area is 136 Å². The molecule has 0 aromatic heterocycles. The van der Waals surface area contributed by atoms with Crippen LogP contribution in [0.5, 0.6) is 0 Å². The van der Waals surface area contributed by atoms with Crippen LogP contribution in [0.3, 0.4) is 0 Å². The molecule has 21 heavy (non-hydrogen) atoms. The number of aliphatic hydroxyl groups is 1. The first-order chi connectivity index (χ1) is 10.1. The fraction of sp³-hybridized carbons (Fsp3) is 0.600. The molecule has 1 aliphatic heterocycles. The fourth-order valence-electron chi connectivity index (χ4n) is 2.42. The number of nitrogens with zero attached hydrogens (tertiary/aromatic N) is 1. The molecule has 6 heteroatoms. The summed E-state index contributed by atoms with van der Waals surface area (Å²) in [6.45, 7) is 6.48. The molecule has 0 spiro atoms. The summed E-state index contributed by atoms with van der Waals surface area (Å²) >= 11 is 12.1. The number of rotatable bonds is 6. The number of nitrogens with one attached hydrogen (secondary N) is 1. The van der Waals surface area contributed by atoms with Gasteiger partial charge in [-0.15, -0.1) is 0 Å². The Balaban J connectivity index is 1.78. The number of β-amino-alcohol motifs (C(OH)–C–C–N with tert-alkyl or cyclic N) is 1. The highest BCUT2D eigenvalue weighted by atomic mass is 35.5. The number of hydrogen-bond donors (Lipinski definition) is 2. The molecule has 0 amide bonds. The van der Waals surface area contributed by atoms with Gasteiger partial charge in [-0.3, -0.25) is 4.90 Å². The SMILES string of the molecule is CC(NCC(O)CN1CCOCC1)c1ccc(Cl)cc1Cl. The molecule has 1 aromatic rings. The number of aliphatic hydroxyl groups excluding tert-OH is 1.